The van der Waals surface area contributed by atoms with Crippen molar-refractivity contribution in [3.05, 3.63) is 0 Å². The number of rotatable bonds is 0. The first-order valence-corrected chi connectivity index (χ1v) is 4.56. The van der Waals surface area contributed by atoms with Crippen LogP contribution in [0, 0.1) is 0 Å². The van der Waals surface area contributed by atoms with Gasteiger partial charge in [-0.25, -0.2) is 0 Å². The highest BCUT2D eigenvalue weighted by Gasteiger charge is 1.97. The highest BCUT2D eigenvalue weighted by atomic mass is 79.9. The highest BCUT2D eigenvalue weighted by Crippen LogP contribution is 1.98. The monoisotopic (exact) mass is 246 g/mol. The summed E-state index contributed by atoms with van der Waals surface area (Å²) in [6.07, 6.45) is 4.36. The summed E-state index contributed by atoms with van der Waals surface area (Å²) in [5.41, 5.74) is 0. The zero-order valence-electron chi connectivity index (χ0n) is 6.24. The number of hydrogen-bond donors (Lipinski definition) is 3. The van der Waals surface area contributed by atoms with Crippen molar-refractivity contribution >= 4 is 8.25 Å². The maximum Gasteiger partial charge on any atom is 0.692 e. The molecule has 1 heterocycles. The lowest BCUT2D eigenvalue weighted by molar-refractivity contribution is -0.662. The van der Waals surface area contributed by atoms with E-state index in [4.69, 9.17) is 14.4 Å². The van der Waals surface area contributed by atoms with Crippen LogP contribution in [0.4, 0.5) is 0 Å². The molecule has 4 N–H and O–H groups in total. The fraction of sp³-hybridized carbons (Fsp3) is 1.00. The minimum atomic E-state index is -2.87. The third-order valence-corrected chi connectivity index (χ3v) is 1.32. The Morgan fingerprint density at radius 3 is 1.55 bits per heavy atom. The Morgan fingerprint density at radius 1 is 1.09 bits per heavy atom. The van der Waals surface area contributed by atoms with Crippen LogP contribution in [0.15, 0.2) is 0 Å². The Bertz CT molecular complexity index is 84.2. The molecule has 0 saturated carbocycles. The van der Waals surface area contributed by atoms with Gasteiger partial charge in [-0.1, -0.05) is 0 Å². The van der Waals surface area contributed by atoms with Crippen molar-refractivity contribution in [3.63, 3.8) is 0 Å². The van der Waals surface area contributed by atoms with Gasteiger partial charge in [-0.15, -0.1) is 9.79 Å². The molecule has 6 heteroatoms. The van der Waals surface area contributed by atoms with Crippen LogP contribution in [0.1, 0.15) is 19.3 Å². The van der Waals surface area contributed by atoms with Gasteiger partial charge in [0.05, 0.1) is 13.1 Å². The quantitative estimate of drug-likeness (QED) is 0.387. The van der Waals surface area contributed by atoms with E-state index in [-0.39, 0.29) is 17.0 Å². The molecule has 11 heavy (non-hydrogen) atoms. The second-order valence-electron chi connectivity index (χ2n) is 2.18. The second kappa shape index (κ2) is 10.5. The molecule has 0 aromatic rings. The number of quaternary nitrogens is 1. The molecule has 0 atom stereocenters. The highest BCUT2D eigenvalue weighted by molar-refractivity contribution is 7.30. The first kappa shape index (κ1) is 14.0. The summed E-state index contributed by atoms with van der Waals surface area (Å²) in [5, 5.41) is 2.39. The molecule has 68 valence electrons. The van der Waals surface area contributed by atoms with Crippen LogP contribution >= 0.6 is 8.25 Å². The van der Waals surface area contributed by atoms with E-state index in [9.17, 15) is 0 Å². The van der Waals surface area contributed by atoms with Crippen molar-refractivity contribution in [1.82, 2.24) is 0 Å². The van der Waals surface area contributed by atoms with Crippen LogP contribution in [-0.4, -0.2) is 22.9 Å². The van der Waals surface area contributed by atoms with E-state index < -0.39 is 8.25 Å². The summed E-state index contributed by atoms with van der Waals surface area (Å²) in [4.78, 5) is 14.2. The average molecular weight is 247 g/mol. The molecule has 0 spiro atoms. The lowest BCUT2D eigenvalue weighted by Gasteiger charge is -2.05. The van der Waals surface area contributed by atoms with Gasteiger partial charge in [0.2, 0.25) is 0 Å². The standard InChI is InChI=1S/C5H11N.BrH.HO3P/c1-2-4-6-5-3-1;;1-4(2)3/h6H,1-5H2;1H;(H-,1,2,3)/p+1. The molecule has 1 saturated heterocycles. The van der Waals surface area contributed by atoms with Crippen LogP contribution in [0.5, 0.6) is 0 Å². The molecule has 0 amide bonds. The topological polar surface area (TPSA) is 74.1 Å². The molecule has 0 aromatic heterocycles. The second-order valence-corrected chi connectivity index (χ2v) is 2.68. The normalized spacial score (nSPS) is 15.5. The Balaban J connectivity index is 0. The molecule has 1 aliphatic rings. The van der Waals surface area contributed by atoms with E-state index >= 15 is 0 Å². The third-order valence-electron chi connectivity index (χ3n) is 1.32. The molecule has 0 radical (unpaired) electrons. The molecule has 1 aliphatic heterocycles. The number of piperidine rings is 1. The zero-order valence-corrected chi connectivity index (χ0v) is 8.72. The molecule has 0 bridgehead atoms. The summed E-state index contributed by atoms with van der Waals surface area (Å²) in [6, 6.07) is 0. The molecule has 0 aromatic carbocycles. The Kier molecular flexibility index (Phi) is 13.3. The van der Waals surface area contributed by atoms with E-state index in [2.05, 4.69) is 5.32 Å². The first-order chi connectivity index (χ1) is 4.73. The summed E-state index contributed by atoms with van der Waals surface area (Å²) < 4.78 is 8.70. The Morgan fingerprint density at radius 2 is 1.45 bits per heavy atom. The van der Waals surface area contributed by atoms with E-state index in [0.717, 1.165) is 0 Å². The van der Waals surface area contributed by atoms with Crippen molar-refractivity contribution in [2.45, 2.75) is 19.3 Å². The summed E-state index contributed by atoms with van der Waals surface area (Å²) >= 11 is 0. The number of hydrogen-bond acceptors (Lipinski definition) is 1. The predicted molar refractivity (Wildman–Crippen MR) is 37.6 cm³/mol. The molecular formula is C5H14BrNO3P+. The molecule has 0 aliphatic carbocycles. The van der Waals surface area contributed by atoms with Gasteiger partial charge in [0, 0.05) is 4.57 Å². The third kappa shape index (κ3) is 17.9. The SMILES string of the molecule is C1CC[NH2+]CC1.O=[P+](O)O.[Br-]. The molecule has 1 rings (SSSR count). The van der Waals surface area contributed by atoms with Crippen LogP contribution in [-0.2, 0) is 4.57 Å². The Hall–Kier alpha value is 0.460. The van der Waals surface area contributed by atoms with Gasteiger partial charge in [0.25, 0.3) is 0 Å². The summed E-state index contributed by atoms with van der Waals surface area (Å²) in [5.74, 6) is 0. The molecule has 0 unspecified atom stereocenters. The maximum atomic E-state index is 8.70. The number of nitrogens with two attached hydrogens (primary N) is 1. The van der Waals surface area contributed by atoms with Gasteiger partial charge >= 0.3 is 8.25 Å². The largest absolute Gasteiger partial charge is 1.00 e. The summed E-state index contributed by atoms with van der Waals surface area (Å²) in [7, 11) is -2.87. The van der Waals surface area contributed by atoms with Crippen molar-refractivity contribution in [2.24, 2.45) is 0 Å². The minimum Gasteiger partial charge on any atom is -1.00 e. The molecule has 4 nitrogen and oxygen atoms in total. The van der Waals surface area contributed by atoms with E-state index in [1.165, 1.54) is 32.4 Å². The van der Waals surface area contributed by atoms with E-state index in [0.29, 0.717) is 0 Å². The fourth-order valence-electron chi connectivity index (χ4n) is 0.898. The van der Waals surface area contributed by atoms with E-state index in [1.54, 1.807) is 0 Å². The van der Waals surface area contributed by atoms with Crippen LogP contribution in [0.3, 0.4) is 0 Å². The van der Waals surface area contributed by atoms with Gasteiger partial charge in [-0.2, -0.15) is 0 Å². The van der Waals surface area contributed by atoms with Gasteiger partial charge < -0.3 is 22.3 Å². The van der Waals surface area contributed by atoms with Crippen LogP contribution in [0.25, 0.3) is 0 Å². The van der Waals surface area contributed by atoms with Gasteiger partial charge in [0.1, 0.15) is 0 Å². The number of halogens is 1. The van der Waals surface area contributed by atoms with Crippen molar-refractivity contribution in [1.29, 1.82) is 0 Å². The van der Waals surface area contributed by atoms with Crippen molar-refractivity contribution in [2.75, 3.05) is 13.1 Å². The van der Waals surface area contributed by atoms with Crippen molar-refractivity contribution in [3.8, 4) is 0 Å². The Labute approximate surface area is 77.7 Å². The minimum absolute atomic E-state index is 0. The molecular weight excluding hydrogens is 233 g/mol. The maximum absolute atomic E-state index is 8.70. The smallest absolute Gasteiger partial charge is 0.692 e. The van der Waals surface area contributed by atoms with E-state index in [1.807, 2.05) is 0 Å². The summed E-state index contributed by atoms with van der Waals surface area (Å²) in [6.45, 7) is 2.75. The lowest BCUT2D eigenvalue weighted by Crippen LogP contribution is -3.00. The van der Waals surface area contributed by atoms with Crippen LogP contribution in [0.2, 0.25) is 0 Å². The van der Waals surface area contributed by atoms with Gasteiger partial charge in [-0.05, 0) is 19.3 Å². The van der Waals surface area contributed by atoms with Crippen LogP contribution < -0.4 is 22.3 Å². The van der Waals surface area contributed by atoms with Gasteiger partial charge in [0.15, 0.2) is 0 Å². The van der Waals surface area contributed by atoms with Gasteiger partial charge in [-0.3, -0.25) is 0 Å². The van der Waals surface area contributed by atoms with Crippen molar-refractivity contribution < 1.29 is 36.7 Å². The molecule has 1 fully saturated rings. The predicted octanol–water partition coefficient (Wildman–Crippen LogP) is -3.63. The average Bonchev–Trinajstić information content (AvgIpc) is 1.90. The zero-order chi connectivity index (χ0) is 7.82. The lowest BCUT2D eigenvalue weighted by atomic mass is 10.2. The fourth-order valence-corrected chi connectivity index (χ4v) is 0.898. The first-order valence-electron chi connectivity index (χ1n) is 3.40.